The molecule has 0 aliphatic carbocycles. The second-order valence-corrected chi connectivity index (χ2v) is 3.54. The molecule has 88 valence electrons. The van der Waals surface area contributed by atoms with E-state index < -0.39 is 0 Å². The van der Waals surface area contributed by atoms with Crippen LogP contribution in [0.25, 0.3) is 0 Å². The third-order valence-electron chi connectivity index (χ3n) is 2.11. The number of carbonyl (C=O) groups is 1. The minimum Gasteiger partial charge on any atom is -0.368 e. The molecule has 0 radical (unpaired) electrons. The van der Waals surface area contributed by atoms with Gasteiger partial charge in [-0.2, -0.15) is 5.10 Å². The van der Waals surface area contributed by atoms with Gasteiger partial charge in [-0.05, 0) is 13.0 Å². The highest BCUT2D eigenvalue weighted by Gasteiger charge is 2.09. The molecular weight excluding hydrogens is 220 g/mol. The average molecular weight is 232 g/mol. The highest BCUT2D eigenvalue weighted by Crippen LogP contribution is 2.02. The monoisotopic (exact) mass is 232 g/mol. The van der Waals surface area contributed by atoms with Gasteiger partial charge in [-0.25, -0.2) is 9.97 Å². The summed E-state index contributed by atoms with van der Waals surface area (Å²) in [6.07, 6.45) is 3.35. The number of carbonyl (C=O) groups excluding carboxylic acids is 1. The highest BCUT2D eigenvalue weighted by molar-refractivity contribution is 5.92. The van der Waals surface area contributed by atoms with Crippen molar-refractivity contribution in [3.8, 4) is 0 Å². The van der Waals surface area contributed by atoms with Gasteiger partial charge in [0.25, 0.3) is 5.91 Å². The summed E-state index contributed by atoms with van der Waals surface area (Å²) < 4.78 is 0. The van der Waals surface area contributed by atoms with Gasteiger partial charge in [-0.15, -0.1) is 0 Å². The number of nitrogens with one attached hydrogen (secondary N) is 2. The molecule has 17 heavy (non-hydrogen) atoms. The molecule has 0 saturated heterocycles. The zero-order chi connectivity index (χ0) is 12.3. The van der Waals surface area contributed by atoms with Crippen LogP contribution >= 0.6 is 0 Å². The van der Waals surface area contributed by atoms with Crippen LogP contribution in [-0.2, 0) is 6.54 Å². The fourth-order valence-electron chi connectivity index (χ4n) is 1.36. The number of aryl methyl sites for hydroxylation is 1. The normalized spacial score (nSPS) is 10.2. The Bertz CT molecular complexity index is 501. The minimum atomic E-state index is -0.289. The van der Waals surface area contributed by atoms with E-state index in [1.807, 2.05) is 0 Å². The van der Waals surface area contributed by atoms with Crippen molar-refractivity contribution in [3.05, 3.63) is 35.4 Å². The van der Waals surface area contributed by atoms with E-state index in [0.717, 1.165) is 5.56 Å². The fourth-order valence-corrected chi connectivity index (χ4v) is 1.36. The van der Waals surface area contributed by atoms with Gasteiger partial charge in [-0.3, -0.25) is 9.89 Å². The topological polar surface area (TPSA) is 110 Å². The maximum atomic E-state index is 11.8. The van der Waals surface area contributed by atoms with Gasteiger partial charge in [0.05, 0.1) is 6.20 Å². The largest absolute Gasteiger partial charge is 0.368 e. The molecular formula is C10H12N6O. The summed E-state index contributed by atoms with van der Waals surface area (Å²) in [5.74, 6) is -0.193. The van der Waals surface area contributed by atoms with Crippen LogP contribution in [0.2, 0.25) is 0 Å². The number of amides is 1. The van der Waals surface area contributed by atoms with Crippen molar-refractivity contribution in [2.75, 3.05) is 5.73 Å². The third-order valence-corrected chi connectivity index (χ3v) is 2.11. The first-order valence-electron chi connectivity index (χ1n) is 5.02. The van der Waals surface area contributed by atoms with Gasteiger partial charge in [0, 0.05) is 24.0 Å². The predicted octanol–water partition coefficient (Wildman–Crippen LogP) is 0.0203. The van der Waals surface area contributed by atoms with Crippen LogP contribution in [0.15, 0.2) is 18.5 Å². The summed E-state index contributed by atoms with van der Waals surface area (Å²) in [7, 11) is 0. The molecule has 0 aliphatic heterocycles. The third kappa shape index (κ3) is 2.77. The molecule has 0 saturated carbocycles. The Hall–Kier alpha value is -2.44. The summed E-state index contributed by atoms with van der Waals surface area (Å²) in [5.41, 5.74) is 7.28. The van der Waals surface area contributed by atoms with Crippen LogP contribution in [-0.4, -0.2) is 26.1 Å². The van der Waals surface area contributed by atoms with Crippen LogP contribution in [0.5, 0.6) is 0 Å². The number of anilines is 1. The van der Waals surface area contributed by atoms with Crippen LogP contribution in [0, 0.1) is 6.92 Å². The molecule has 0 aromatic carbocycles. The van der Waals surface area contributed by atoms with E-state index >= 15 is 0 Å². The second kappa shape index (κ2) is 4.60. The number of aromatic amines is 1. The number of hydrogen-bond donors (Lipinski definition) is 3. The Morgan fingerprint density at radius 1 is 1.53 bits per heavy atom. The number of nitrogen functional groups attached to an aromatic ring is 1. The number of hydrogen-bond acceptors (Lipinski definition) is 5. The summed E-state index contributed by atoms with van der Waals surface area (Å²) in [5, 5.41) is 9.15. The smallest absolute Gasteiger partial charge is 0.270 e. The van der Waals surface area contributed by atoms with Gasteiger partial charge in [0.1, 0.15) is 5.69 Å². The van der Waals surface area contributed by atoms with Gasteiger partial charge in [0.2, 0.25) is 5.95 Å². The lowest BCUT2D eigenvalue weighted by Gasteiger charge is -2.04. The van der Waals surface area contributed by atoms with E-state index in [4.69, 9.17) is 5.73 Å². The Morgan fingerprint density at radius 2 is 2.35 bits per heavy atom. The second-order valence-electron chi connectivity index (χ2n) is 3.54. The van der Waals surface area contributed by atoms with Crippen molar-refractivity contribution in [1.29, 1.82) is 0 Å². The van der Waals surface area contributed by atoms with Crippen molar-refractivity contribution in [1.82, 2.24) is 25.5 Å². The van der Waals surface area contributed by atoms with E-state index in [9.17, 15) is 4.79 Å². The molecule has 7 nitrogen and oxygen atoms in total. The van der Waals surface area contributed by atoms with E-state index in [1.165, 1.54) is 0 Å². The summed E-state index contributed by atoms with van der Waals surface area (Å²) in [4.78, 5) is 19.5. The molecule has 0 spiro atoms. The Balaban J connectivity index is 2.04. The first-order valence-corrected chi connectivity index (χ1v) is 5.02. The highest BCUT2D eigenvalue weighted by atomic mass is 16.1. The number of nitrogens with two attached hydrogens (primary N) is 1. The van der Waals surface area contributed by atoms with E-state index in [0.29, 0.717) is 12.2 Å². The Labute approximate surface area is 97.5 Å². The van der Waals surface area contributed by atoms with Crippen molar-refractivity contribution in [3.63, 3.8) is 0 Å². The lowest BCUT2D eigenvalue weighted by molar-refractivity contribution is 0.0946. The average Bonchev–Trinajstić information content (AvgIpc) is 2.77. The maximum Gasteiger partial charge on any atom is 0.270 e. The molecule has 2 heterocycles. The number of aromatic nitrogens is 4. The van der Waals surface area contributed by atoms with Crippen LogP contribution in [0.4, 0.5) is 5.95 Å². The van der Waals surface area contributed by atoms with Gasteiger partial charge in [-0.1, -0.05) is 0 Å². The number of rotatable bonds is 3. The SMILES string of the molecule is Cc1cc(C(=O)NCc2cn[nH]c2)nc(N)n1. The Morgan fingerprint density at radius 3 is 3.00 bits per heavy atom. The molecule has 0 aliphatic rings. The molecule has 2 rings (SSSR count). The fraction of sp³-hybridized carbons (Fsp3) is 0.200. The molecule has 7 heteroatoms. The molecule has 0 bridgehead atoms. The van der Waals surface area contributed by atoms with E-state index in [2.05, 4.69) is 25.5 Å². The maximum absolute atomic E-state index is 11.8. The summed E-state index contributed by atoms with van der Waals surface area (Å²) in [6, 6.07) is 1.58. The molecule has 1 amide bonds. The number of nitrogens with zero attached hydrogens (tertiary/aromatic N) is 3. The molecule has 2 aromatic rings. The van der Waals surface area contributed by atoms with Crippen LogP contribution in [0.3, 0.4) is 0 Å². The Kier molecular flexibility index (Phi) is 2.99. The van der Waals surface area contributed by atoms with Crippen molar-refractivity contribution in [2.24, 2.45) is 0 Å². The number of H-pyrrole nitrogens is 1. The minimum absolute atomic E-state index is 0.0958. The summed E-state index contributed by atoms with van der Waals surface area (Å²) in [6.45, 7) is 2.14. The molecule has 0 atom stereocenters. The van der Waals surface area contributed by atoms with Crippen LogP contribution in [0.1, 0.15) is 21.7 Å². The predicted molar refractivity (Wildman–Crippen MR) is 60.9 cm³/mol. The molecule has 0 fully saturated rings. The first-order chi connectivity index (χ1) is 8.15. The van der Waals surface area contributed by atoms with Crippen molar-refractivity contribution in [2.45, 2.75) is 13.5 Å². The van der Waals surface area contributed by atoms with Crippen molar-refractivity contribution >= 4 is 11.9 Å². The zero-order valence-electron chi connectivity index (χ0n) is 9.27. The van der Waals surface area contributed by atoms with Gasteiger partial charge < -0.3 is 11.1 Å². The zero-order valence-corrected chi connectivity index (χ0v) is 9.27. The van der Waals surface area contributed by atoms with E-state index in [-0.39, 0.29) is 17.5 Å². The van der Waals surface area contributed by atoms with Crippen LogP contribution < -0.4 is 11.1 Å². The summed E-state index contributed by atoms with van der Waals surface area (Å²) >= 11 is 0. The first kappa shape index (κ1) is 11.1. The van der Waals surface area contributed by atoms with E-state index in [1.54, 1.807) is 25.4 Å². The lowest BCUT2D eigenvalue weighted by atomic mass is 10.3. The molecule has 2 aromatic heterocycles. The van der Waals surface area contributed by atoms with Crippen molar-refractivity contribution < 1.29 is 4.79 Å². The van der Waals surface area contributed by atoms with Gasteiger partial charge >= 0.3 is 0 Å². The molecule has 0 unspecified atom stereocenters. The quantitative estimate of drug-likeness (QED) is 0.691. The molecule has 4 N–H and O–H groups in total. The lowest BCUT2D eigenvalue weighted by Crippen LogP contribution is -2.24. The van der Waals surface area contributed by atoms with Gasteiger partial charge in [0.15, 0.2) is 0 Å². The standard InChI is InChI=1S/C10H12N6O/c1-6-2-8(16-10(11)15-6)9(17)12-3-7-4-13-14-5-7/h2,4-5H,3H2,1H3,(H,12,17)(H,13,14)(H2,11,15,16).